The number of fused-ring (bicyclic) bond motifs is 1. The molecule has 6 rings (SSSR count). The highest BCUT2D eigenvalue weighted by Gasteiger charge is 2.51. The zero-order valence-electron chi connectivity index (χ0n) is 21.0. The van der Waals surface area contributed by atoms with E-state index in [1.807, 2.05) is 66.7 Å². The maximum absolute atomic E-state index is 12.9. The van der Waals surface area contributed by atoms with Gasteiger partial charge in [0.05, 0.1) is 5.41 Å². The van der Waals surface area contributed by atoms with E-state index in [9.17, 15) is 14.7 Å². The second-order valence-electron chi connectivity index (χ2n) is 9.76. The lowest BCUT2D eigenvalue weighted by molar-refractivity contribution is -0.140. The number of aliphatic carboxylic acids is 1. The summed E-state index contributed by atoms with van der Waals surface area (Å²) >= 11 is 6.26. The van der Waals surface area contributed by atoms with Crippen LogP contribution in [-0.2, 0) is 14.9 Å². The molecule has 0 spiro atoms. The van der Waals surface area contributed by atoms with Crippen molar-refractivity contribution in [1.29, 1.82) is 0 Å². The summed E-state index contributed by atoms with van der Waals surface area (Å²) in [5.41, 5.74) is 5.30. The molecule has 2 aromatic heterocycles. The number of carbonyl (C=O) groups is 2. The zero-order valence-corrected chi connectivity index (χ0v) is 21.8. The van der Waals surface area contributed by atoms with E-state index in [0.717, 1.165) is 22.3 Å². The first-order chi connectivity index (χ1) is 18.9. The van der Waals surface area contributed by atoms with Gasteiger partial charge in [0, 0.05) is 22.3 Å². The van der Waals surface area contributed by atoms with Gasteiger partial charge < -0.3 is 19.2 Å². The minimum Gasteiger partial charge on any atom is -0.481 e. The maximum Gasteiger partial charge on any atom is 0.412 e. The Labute approximate surface area is 229 Å². The quantitative estimate of drug-likeness (QED) is 0.193. The van der Waals surface area contributed by atoms with Gasteiger partial charge in [-0.3, -0.25) is 10.1 Å². The number of hydrogen-bond acceptors (Lipinski definition) is 4. The van der Waals surface area contributed by atoms with Crippen molar-refractivity contribution in [2.24, 2.45) is 0 Å². The fourth-order valence-corrected chi connectivity index (χ4v) is 5.23. The number of ether oxygens (including phenoxy) is 1. The van der Waals surface area contributed by atoms with Crippen molar-refractivity contribution in [2.45, 2.75) is 31.3 Å². The van der Waals surface area contributed by atoms with Gasteiger partial charge in [0.1, 0.15) is 17.3 Å². The van der Waals surface area contributed by atoms with E-state index >= 15 is 0 Å². The summed E-state index contributed by atoms with van der Waals surface area (Å²) in [5, 5.41) is 12.9. The summed E-state index contributed by atoms with van der Waals surface area (Å²) in [4.78, 5) is 27.6. The Kier molecular flexibility index (Phi) is 6.16. The van der Waals surface area contributed by atoms with Crippen LogP contribution in [0.2, 0.25) is 5.02 Å². The molecule has 3 aromatic carbocycles. The van der Waals surface area contributed by atoms with Crippen LogP contribution in [0, 0.1) is 0 Å². The average molecular weight is 541 g/mol. The van der Waals surface area contributed by atoms with Crippen LogP contribution in [0.5, 0.6) is 0 Å². The van der Waals surface area contributed by atoms with Gasteiger partial charge in [0.25, 0.3) is 0 Å². The standard InChI is InChI=1S/C31H25ClN2O5/c1-18(23-4-2-3-5-24(23)32)38-30(37)34-27-26-25(14-17-33-26)39-28(27)21-8-6-19(7-9-21)20-10-12-22(13-11-20)31(15-16-31)29(35)36/h2-14,17-18,33H,15-16H2,1H3,(H,34,37)(H,35,36). The monoisotopic (exact) mass is 540 g/mol. The van der Waals surface area contributed by atoms with E-state index in [1.54, 1.807) is 25.3 Å². The number of furan rings is 1. The van der Waals surface area contributed by atoms with Gasteiger partial charge in [-0.1, -0.05) is 78.3 Å². The molecule has 1 atom stereocenters. The minimum absolute atomic E-state index is 0.479. The van der Waals surface area contributed by atoms with E-state index in [2.05, 4.69) is 10.3 Å². The van der Waals surface area contributed by atoms with Crippen LogP contribution in [0.25, 0.3) is 33.6 Å². The highest BCUT2D eigenvalue weighted by Crippen LogP contribution is 2.48. The SMILES string of the molecule is CC(OC(=O)Nc1c(-c2ccc(-c3ccc(C4(C(=O)O)CC4)cc3)cc2)oc2cc[nH]c12)c1ccccc1Cl. The largest absolute Gasteiger partial charge is 0.481 e. The van der Waals surface area contributed by atoms with Crippen molar-refractivity contribution in [2.75, 3.05) is 5.32 Å². The summed E-state index contributed by atoms with van der Waals surface area (Å²) in [6.07, 6.45) is 1.91. The maximum atomic E-state index is 12.9. The number of anilines is 1. The molecule has 0 saturated heterocycles. The van der Waals surface area contributed by atoms with Crippen LogP contribution in [0.15, 0.2) is 89.5 Å². The third-order valence-corrected chi connectivity index (χ3v) is 7.67. The topological polar surface area (TPSA) is 105 Å². The molecule has 2 heterocycles. The normalized spacial score (nSPS) is 14.6. The van der Waals surface area contributed by atoms with E-state index in [-0.39, 0.29) is 0 Å². The van der Waals surface area contributed by atoms with Gasteiger partial charge >= 0.3 is 12.1 Å². The Morgan fingerprint density at radius 3 is 2.26 bits per heavy atom. The predicted octanol–water partition coefficient (Wildman–Crippen LogP) is 8.17. The van der Waals surface area contributed by atoms with Crippen LogP contribution in [0.4, 0.5) is 10.5 Å². The summed E-state index contributed by atoms with van der Waals surface area (Å²) < 4.78 is 11.7. The molecule has 5 aromatic rings. The second-order valence-corrected chi connectivity index (χ2v) is 10.2. The van der Waals surface area contributed by atoms with Gasteiger partial charge in [0.2, 0.25) is 0 Å². The summed E-state index contributed by atoms with van der Waals surface area (Å²) in [6, 6.07) is 24.5. The average Bonchev–Trinajstić information content (AvgIpc) is 3.52. The number of H-pyrrole nitrogens is 1. The number of aromatic amines is 1. The molecule has 7 nitrogen and oxygen atoms in total. The molecular weight excluding hydrogens is 516 g/mol. The van der Waals surface area contributed by atoms with E-state index in [1.165, 1.54) is 0 Å². The second kappa shape index (κ2) is 9.67. The van der Waals surface area contributed by atoms with Crippen molar-refractivity contribution >= 4 is 40.5 Å². The Bertz CT molecular complexity index is 1680. The van der Waals surface area contributed by atoms with Crippen molar-refractivity contribution in [1.82, 2.24) is 4.98 Å². The molecule has 0 aliphatic heterocycles. The number of aromatic nitrogens is 1. The molecule has 1 unspecified atom stereocenters. The number of nitrogens with one attached hydrogen (secondary N) is 2. The molecule has 196 valence electrons. The van der Waals surface area contributed by atoms with E-state index in [4.69, 9.17) is 20.8 Å². The molecule has 0 radical (unpaired) electrons. The summed E-state index contributed by atoms with van der Waals surface area (Å²) in [6.45, 7) is 1.76. The van der Waals surface area contributed by atoms with Gasteiger partial charge in [0.15, 0.2) is 11.3 Å². The van der Waals surface area contributed by atoms with E-state index < -0.39 is 23.6 Å². The fourth-order valence-electron chi connectivity index (χ4n) is 4.94. The molecule has 8 heteroatoms. The lowest BCUT2D eigenvalue weighted by atomic mass is 9.93. The van der Waals surface area contributed by atoms with Crippen molar-refractivity contribution in [3.63, 3.8) is 0 Å². The van der Waals surface area contributed by atoms with Crippen LogP contribution < -0.4 is 5.32 Å². The number of carboxylic acid groups (broad SMARTS) is 1. The smallest absolute Gasteiger partial charge is 0.412 e. The van der Waals surface area contributed by atoms with Gasteiger partial charge in [-0.25, -0.2) is 4.79 Å². The van der Waals surface area contributed by atoms with Crippen molar-refractivity contribution in [3.05, 3.63) is 101 Å². The summed E-state index contributed by atoms with van der Waals surface area (Å²) in [7, 11) is 0. The first-order valence-electron chi connectivity index (χ1n) is 12.6. The van der Waals surface area contributed by atoms with Crippen LogP contribution in [-0.4, -0.2) is 22.2 Å². The molecule has 0 bridgehead atoms. The zero-order chi connectivity index (χ0) is 27.1. The Hall–Kier alpha value is -4.49. The summed E-state index contributed by atoms with van der Waals surface area (Å²) in [5.74, 6) is -0.265. The third-order valence-electron chi connectivity index (χ3n) is 7.33. The third kappa shape index (κ3) is 4.55. The lowest BCUT2D eigenvalue weighted by Crippen LogP contribution is -2.19. The first-order valence-corrected chi connectivity index (χ1v) is 13.0. The Morgan fingerprint density at radius 2 is 1.62 bits per heavy atom. The highest BCUT2D eigenvalue weighted by molar-refractivity contribution is 6.31. The Morgan fingerprint density at radius 1 is 0.974 bits per heavy atom. The van der Waals surface area contributed by atoms with Crippen LogP contribution >= 0.6 is 11.6 Å². The molecule has 1 amide bonds. The number of hydrogen-bond donors (Lipinski definition) is 3. The molecule has 1 aliphatic rings. The number of halogens is 1. The lowest BCUT2D eigenvalue weighted by Gasteiger charge is -2.15. The molecule has 3 N–H and O–H groups in total. The highest BCUT2D eigenvalue weighted by atomic mass is 35.5. The van der Waals surface area contributed by atoms with Gasteiger partial charge in [-0.2, -0.15) is 0 Å². The van der Waals surface area contributed by atoms with Crippen molar-refractivity contribution in [3.8, 4) is 22.5 Å². The minimum atomic E-state index is -0.763. The van der Waals surface area contributed by atoms with E-state index in [0.29, 0.717) is 46.0 Å². The van der Waals surface area contributed by atoms with Crippen LogP contribution in [0.1, 0.15) is 37.0 Å². The molecular formula is C31H25ClN2O5. The fraction of sp³-hybridized carbons (Fsp3) is 0.161. The number of rotatable bonds is 7. The van der Waals surface area contributed by atoms with Crippen LogP contribution in [0.3, 0.4) is 0 Å². The molecule has 1 aliphatic carbocycles. The van der Waals surface area contributed by atoms with Gasteiger partial charge in [-0.15, -0.1) is 0 Å². The number of carboxylic acids is 1. The Balaban J connectivity index is 1.23. The van der Waals surface area contributed by atoms with Gasteiger partial charge in [-0.05, 0) is 48.6 Å². The molecule has 39 heavy (non-hydrogen) atoms. The molecule has 1 fully saturated rings. The number of benzene rings is 3. The predicted molar refractivity (Wildman–Crippen MR) is 150 cm³/mol. The number of amides is 1. The van der Waals surface area contributed by atoms with Crippen molar-refractivity contribution < 1.29 is 23.8 Å². The molecule has 1 saturated carbocycles. The number of carbonyl (C=O) groups excluding carboxylic acids is 1. The first kappa shape index (κ1) is 24.8.